The largest absolute Gasteiger partial charge is 0.396 e. The van der Waals surface area contributed by atoms with Crippen molar-refractivity contribution < 1.29 is 27.3 Å². The van der Waals surface area contributed by atoms with Crippen LogP contribution < -0.4 is 10.6 Å². The Morgan fingerprint density at radius 1 is 1.09 bits per heavy atom. The molecule has 3 heterocycles. The summed E-state index contributed by atoms with van der Waals surface area (Å²) in [6.07, 6.45) is -1.73. The maximum absolute atomic E-state index is 13.0. The minimum atomic E-state index is -4.42. The van der Waals surface area contributed by atoms with Crippen LogP contribution in [0.15, 0.2) is 28.8 Å². The molecule has 2 amide bonds. The Bertz CT molecular complexity index is 1070. The summed E-state index contributed by atoms with van der Waals surface area (Å²) in [5.74, 6) is -0.433. The van der Waals surface area contributed by atoms with Crippen LogP contribution in [0.25, 0.3) is 11.5 Å². The van der Waals surface area contributed by atoms with Gasteiger partial charge in [0, 0.05) is 43.3 Å². The van der Waals surface area contributed by atoms with Crippen molar-refractivity contribution in [2.24, 2.45) is 5.92 Å². The standard InChI is InChI=1S/C23H27F3N6O3/c24-23(25,26)13-18-28-20(35-30-18)14-5-7-15(8-6-14)21(34)31-9-11-32(12-10-31)22-27-17-4-2-1-3-16(17)19(33)29-22/h5-8,16-17,22,27H,1-4,9-13H2,(H,29,33). The quantitative estimate of drug-likeness (QED) is 0.674. The van der Waals surface area contributed by atoms with E-state index in [1.165, 1.54) is 0 Å². The van der Waals surface area contributed by atoms with Crippen molar-refractivity contribution in [3.05, 3.63) is 35.7 Å². The van der Waals surface area contributed by atoms with E-state index < -0.39 is 18.4 Å². The lowest BCUT2D eigenvalue weighted by molar-refractivity contribution is -0.134. The van der Waals surface area contributed by atoms with Gasteiger partial charge in [0.05, 0.1) is 5.92 Å². The van der Waals surface area contributed by atoms with Gasteiger partial charge >= 0.3 is 6.18 Å². The fraction of sp³-hybridized carbons (Fsp3) is 0.565. The molecule has 188 valence electrons. The first kappa shape index (κ1) is 23.7. The number of nitrogens with one attached hydrogen (secondary N) is 2. The van der Waals surface area contributed by atoms with Crippen LogP contribution in [0.4, 0.5) is 13.2 Å². The van der Waals surface area contributed by atoms with E-state index in [1.54, 1.807) is 29.2 Å². The van der Waals surface area contributed by atoms with Gasteiger partial charge in [0.15, 0.2) is 5.82 Å². The summed E-state index contributed by atoms with van der Waals surface area (Å²) in [6.45, 7) is 2.30. The van der Waals surface area contributed by atoms with Crippen LogP contribution in [0.2, 0.25) is 0 Å². The maximum atomic E-state index is 13.0. The molecule has 3 fully saturated rings. The Morgan fingerprint density at radius 2 is 1.80 bits per heavy atom. The van der Waals surface area contributed by atoms with Crippen molar-refractivity contribution in [2.75, 3.05) is 26.2 Å². The van der Waals surface area contributed by atoms with Gasteiger partial charge in [-0.3, -0.25) is 19.8 Å². The molecule has 1 aromatic carbocycles. The number of benzene rings is 1. The summed E-state index contributed by atoms with van der Waals surface area (Å²) in [7, 11) is 0. The average Bonchev–Trinajstić information content (AvgIpc) is 3.30. The van der Waals surface area contributed by atoms with Crippen molar-refractivity contribution in [1.82, 2.24) is 30.6 Å². The van der Waals surface area contributed by atoms with E-state index in [4.69, 9.17) is 4.52 Å². The number of hydrogen-bond donors (Lipinski definition) is 2. The van der Waals surface area contributed by atoms with Crippen molar-refractivity contribution in [1.29, 1.82) is 0 Å². The molecule has 9 nitrogen and oxygen atoms in total. The normalized spacial score (nSPS) is 25.7. The van der Waals surface area contributed by atoms with Crippen LogP contribution in [-0.2, 0) is 11.2 Å². The SMILES string of the molecule is O=C1NC(N2CCN(C(=O)c3ccc(-c4nc(CC(F)(F)F)no4)cc3)CC2)NC2CCCCC12. The number of alkyl halides is 3. The highest BCUT2D eigenvalue weighted by molar-refractivity contribution is 5.94. The molecule has 0 bridgehead atoms. The van der Waals surface area contributed by atoms with Gasteiger partial charge in [0.2, 0.25) is 5.91 Å². The van der Waals surface area contributed by atoms with Crippen LogP contribution in [0.5, 0.6) is 0 Å². The summed E-state index contributed by atoms with van der Waals surface area (Å²) >= 11 is 0. The van der Waals surface area contributed by atoms with Gasteiger partial charge in [-0.2, -0.15) is 18.2 Å². The molecule has 35 heavy (non-hydrogen) atoms. The van der Waals surface area contributed by atoms with Gasteiger partial charge in [-0.05, 0) is 37.1 Å². The summed E-state index contributed by atoms with van der Waals surface area (Å²) in [5, 5.41) is 10.0. The molecule has 3 atom stereocenters. The van der Waals surface area contributed by atoms with Crippen molar-refractivity contribution in [3.63, 3.8) is 0 Å². The molecule has 1 saturated carbocycles. The molecule has 2 aromatic rings. The lowest BCUT2D eigenvalue weighted by atomic mass is 9.82. The molecule has 2 saturated heterocycles. The first-order valence-electron chi connectivity index (χ1n) is 11.9. The molecule has 12 heteroatoms. The molecular weight excluding hydrogens is 465 g/mol. The highest BCUT2D eigenvalue weighted by Gasteiger charge is 2.40. The third-order valence-electron chi connectivity index (χ3n) is 6.93. The zero-order chi connectivity index (χ0) is 24.6. The average molecular weight is 493 g/mol. The fourth-order valence-electron chi connectivity index (χ4n) is 5.07. The maximum Gasteiger partial charge on any atom is 0.396 e. The first-order chi connectivity index (χ1) is 16.8. The Morgan fingerprint density at radius 3 is 2.51 bits per heavy atom. The molecule has 1 aliphatic carbocycles. The van der Waals surface area contributed by atoms with Crippen LogP contribution >= 0.6 is 0 Å². The molecule has 0 spiro atoms. The third kappa shape index (κ3) is 5.32. The third-order valence-corrected chi connectivity index (χ3v) is 6.93. The van der Waals surface area contributed by atoms with E-state index >= 15 is 0 Å². The Balaban J connectivity index is 1.16. The van der Waals surface area contributed by atoms with E-state index in [2.05, 4.69) is 25.7 Å². The number of fused-ring (bicyclic) bond motifs is 1. The number of hydrogen-bond acceptors (Lipinski definition) is 7. The number of nitrogens with zero attached hydrogens (tertiary/aromatic N) is 4. The number of aromatic nitrogens is 2. The molecule has 0 radical (unpaired) electrons. The Labute approximate surface area is 200 Å². The zero-order valence-electron chi connectivity index (χ0n) is 19.1. The Kier molecular flexibility index (Phi) is 6.49. The van der Waals surface area contributed by atoms with Gasteiger partial charge in [0.1, 0.15) is 12.7 Å². The van der Waals surface area contributed by atoms with Crippen LogP contribution in [0, 0.1) is 5.92 Å². The number of halogens is 3. The van der Waals surface area contributed by atoms with Crippen molar-refractivity contribution in [2.45, 2.75) is 50.6 Å². The van der Waals surface area contributed by atoms with Crippen LogP contribution in [0.1, 0.15) is 41.9 Å². The predicted molar refractivity (Wildman–Crippen MR) is 118 cm³/mol. The molecular formula is C23H27F3N6O3. The minimum Gasteiger partial charge on any atom is -0.336 e. The molecule has 5 rings (SSSR count). The number of carbonyl (C=O) groups excluding carboxylic acids is 2. The monoisotopic (exact) mass is 492 g/mol. The molecule has 1 aromatic heterocycles. The van der Waals surface area contributed by atoms with E-state index in [1.807, 2.05) is 0 Å². The van der Waals surface area contributed by atoms with Gasteiger partial charge in [-0.25, -0.2) is 0 Å². The van der Waals surface area contributed by atoms with E-state index in [9.17, 15) is 22.8 Å². The van der Waals surface area contributed by atoms with E-state index in [0.717, 1.165) is 25.7 Å². The molecule has 3 aliphatic rings. The number of rotatable bonds is 4. The lowest BCUT2D eigenvalue weighted by Crippen LogP contribution is -2.69. The van der Waals surface area contributed by atoms with Gasteiger partial charge in [-0.15, -0.1) is 0 Å². The second-order valence-electron chi connectivity index (χ2n) is 9.29. The van der Waals surface area contributed by atoms with Crippen LogP contribution in [0.3, 0.4) is 0 Å². The number of carbonyl (C=O) groups is 2. The van der Waals surface area contributed by atoms with E-state index in [0.29, 0.717) is 37.3 Å². The van der Waals surface area contributed by atoms with Crippen LogP contribution in [-0.4, -0.2) is 76.4 Å². The summed E-state index contributed by atoms with van der Waals surface area (Å²) in [6, 6.07) is 6.57. The van der Waals surface area contributed by atoms with Crippen molar-refractivity contribution in [3.8, 4) is 11.5 Å². The molecule has 2 aliphatic heterocycles. The second kappa shape index (κ2) is 9.57. The molecule has 2 N–H and O–H groups in total. The van der Waals surface area contributed by atoms with E-state index in [-0.39, 0.29) is 36.0 Å². The van der Waals surface area contributed by atoms with Gasteiger partial charge in [0.25, 0.3) is 11.8 Å². The minimum absolute atomic E-state index is 0.0286. The molecule has 3 unspecified atom stereocenters. The second-order valence-corrected chi connectivity index (χ2v) is 9.29. The lowest BCUT2D eigenvalue weighted by Gasteiger charge is -2.46. The fourth-order valence-corrected chi connectivity index (χ4v) is 5.07. The highest BCUT2D eigenvalue weighted by atomic mass is 19.4. The number of piperazine rings is 1. The first-order valence-corrected chi connectivity index (χ1v) is 11.9. The van der Waals surface area contributed by atoms with Crippen molar-refractivity contribution >= 4 is 11.8 Å². The smallest absolute Gasteiger partial charge is 0.336 e. The zero-order valence-corrected chi connectivity index (χ0v) is 19.1. The summed E-state index contributed by atoms with van der Waals surface area (Å²) in [5.41, 5.74) is 0.902. The Hall–Kier alpha value is -2.99. The predicted octanol–water partition coefficient (Wildman–Crippen LogP) is 2.16. The highest BCUT2D eigenvalue weighted by Crippen LogP contribution is 2.28. The summed E-state index contributed by atoms with van der Waals surface area (Å²) < 4.78 is 42.4. The summed E-state index contributed by atoms with van der Waals surface area (Å²) in [4.78, 5) is 33.2. The van der Waals surface area contributed by atoms with Gasteiger partial charge in [-0.1, -0.05) is 18.0 Å². The topological polar surface area (TPSA) is 104 Å². The number of amides is 2. The van der Waals surface area contributed by atoms with Gasteiger partial charge < -0.3 is 14.7 Å².